The maximum atomic E-state index is 9.95. The van der Waals surface area contributed by atoms with Gasteiger partial charge in [0.25, 0.3) is 0 Å². The largest absolute Gasteiger partial charge is 0.388 e. The average Bonchev–Trinajstić information content (AvgIpc) is 2.65. The molecule has 16 heavy (non-hydrogen) atoms. The number of hydrogen-bond donors (Lipinski definition) is 1. The molecular formula is C11H12ClN3O. The van der Waals surface area contributed by atoms with Crippen molar-refractivity contribution in [2.45, 2.75) is 12.5 Å². The zero-order chi connectivity index (χ0) is 11.5. The average molecular weight is 238 g/mol. The third kappa shape index (κ3) is 2.59. The van der Waals surface area contributed by atoms with E-state index in [1.165, 1.54) is 0 Å². The van der Waals surface area contributed by atoms with Gasteiger partial charge in [-0.15, -0.1) is 0 Å². The Morgan fingerprint density at radius 1 is 1.44 bits per heavy atom. The first-order chi connectivity index (χ1) is 7.65. The quantitative estimate of drug-likeness (QED) is 0.828. The zero-order valence-electron chi connectivity index (χ0n) is 8.84. The molecule has 0 saturated heterocycles. The van der Waals surface area contributed by atoms with Gasteiger partial charge in [0.15, 0.2) is 0 Å². The highest BCUT2D eigenvalue weighted by Gasteiger charge is 2.10. The lowest BCUT2D eigenvalue weighted by atomic mass is 10.1. The van der Waals surface area contributed by atoms with Gasteiger partial charge < -0.3 is 5.11 Å². The van der Waals surface area contributed by atoms with Gasteiger partial charge >= 0.3 is 0 Å². The molecule has 2 rings (SSSR count). The Labute approximate surface area is 98.5 Å². The molecule has 0 aromatic carbocycles. The normalized spacial score (nSPS) is 12.7. The van der Waals surface area contributed by atoms with Crippen molar-refractivity contribution in [2.75, 3.05) is 0 Å². The fourth-order valence-electron chi connectivity index (χ4n) is 1.50. The molecule has 2 aromatic rings. The van der Waals surface area contributed by atoms with E-state index in [2.05, 4.69) is 10.1 Å². The molecule has 1 unspecified atom stereocenters. The van der Waals surface area contributed by atoms with Crippen molar-refractivity contribution in [2.24, 2.45) is 7.05 Å². The fraction of sp³-hybridized carbons (Fsp3) is 0.273. The Morgan fingerprint density at radius 2 is 2.25 bits per heavy atom. The third-order valence-corrected chi connectivity index (χ3v) is 2.55. The monoisotopic (exact) mass is 237 g/mol. The molecule has 0 fully saturated rings. The first-order valence-electron chi connectivity index (χ1n) is 4.92. The molecule has 0 spiro atoms. The number of pyridine rings is 1. The van der Waals surface area contributed by atoms with Gasteiger partial charge in [-0.1, -0.05) is 17.7 Å². The van der Waals surface area contributed by atoms with Crippen LogP contribution in [-0.2, 0) is 13.5 Å². The minimum absolute atomic E-state index is 0.428. The molecule has 0 aliphatic heterocycles. The van der Waals surface area contributed by atoms with Gasteiger partial charge in [0, 0.05) is 25.9 Å². The molecule has 0 saturated carbocycles. The molecule has 0 bridgehead atoms. The summed E-state index contributed by atoms with van der Waals surface area (Å²) in [6.07, 6.45) is 5.16. The van der Waals surface area contributed by atoms with Crippen molar-refractivity contribution >= 4 is 11.6 Å². The van der Waals surface area contributed by atoms with Crippen LogP contribution < -0.4 is 0 Å². The van der Waals surface area contributed by atoms with E-state index in [0.29, 0.717) is 11.6 Å². The number of aromatic nitrogens is 3. The summed E-state index contributed by atoms with van der Waals surface area (Å²) in [5.74, 6) is 0. The fourth-order valence-corrected chi connectivity index (χ4v) is 1.61. The zero-order valence-corrected chi connectivity index (χ0v) is 9.59. The lowest BCUT2D eigenvalue weighted by molar-refractivity contribution is 0.178. The molecule has 5 heteroatoms. The number of aliphatic hydroxyl groups excluding tert-OH is 1. The van der Waals surface area contributed by atoms with Crippen molar-refractivity contribution in [1.82, 2.24) is 14.8 Å². The maximum absolute atomic E-state index is 9.95. The molecular weight excluding hydrogens is 226 g/mol. The topological polar surface area (TPSA) is 50.9 Å². The van der Waals surface area contributed by atoms with Crippen LogP contribution in [0, 0.1) is 0 Å². The molecule has 2 heterocycles. The Hall–Kier alpha value is -1.39. The summed E-state index contributed by atoms with van der Waals surface area (Å²) >= 11 is 5.67. The Balaban J connectivity index is 2.08. The van der Waals surface area contributed by atoms with Gasteiger partial charge in [-0.3, -0.25) is 4.68 Å². The number of nitrogens with zero attached hydrogens (tertiary/aromatic N) is 3. The lowest BCUT2D eigenvalue weighted by Crippen LogP contribution is -2.01. The minimum atomic E-state index is -0.575. The molecule has 1 atom stereocenters. The highest BCUT2D eigenvalue weighted by Crippen LogP contribution is 2.18. The van der Waals surface area contributed by atoms with Crippen LogP contribution in [-0.4, -0.2) is 19.9 Å². The number of aryl methyl sites for hydroxylation is 1. The first kappa shape index (κ1) is 11.1. The number of rotatable bonds is 3. The van der Waals surface area contributed by atoms with Crippen molar-refractivity contribution in [3.05, 3.63) is 47.0 Å². The van der Waals surface area contributed by atoms with E-state index in [1.54, 1.807) is 29.2 Å². The second-order valence-corrected chi connectivity index (χ2v) is 4.04. The summed E-state index contributed by atoms with van der Waals surface area (Å²) in [4.78, 5) is 3.93. The maximum Gasteiger partial charge on any atom is 0.129 e. The SMILES string of the molecule is Cn1cc(CC(O)c2ccc(Cl)nc2)cn1. The summed E-state index contributed by atoms with van der Waals surface area (Å²) in [5, 5.41) is 14.4. The molecule has 84 valence electrons. The van der Waals surface area contributed by atoms with Gasteiger partial charge in [0.1, 0.15) is 5.15 Å². The first-order valence-corrected chi connectivity index (χ1v) is 5.30. The predicted molar refractivity (Wildman–Crippen MR) is 61.1 cm³/mol. The van der Waals surface area contributed by atoms with E-state index < -0.39 is 6.10 Å². The van der Waals surface area contributed by atoms with Crippen LogP contribution >= 0.6 is 11.6 Å². The summed E-state index contributed by atoms with van der Waals surface area (Å²) in [6, 6.07) is 3.44. The Morgan fingerprint density at radius 3 is 2.81 bits per heavy atom. The van der Waals surface area contributed by atoms with Crippen molar-refractivity contribution in [3.8, 4) is 0 Å². The summed E-state index contributed by atoms with van der Waals surface area (Å²) in [7, 11) is 1.85. The Kier molecular flexibility index (Phi) is 3.22. The van der Waals surface area contributed by atoms with Crippen LogP contribution in [0.15, 0.2) is 30.7 Å². The van der Waals surface area contributed by atoms with Crippen LogP contribution in [0.4, 0.5) is 0 Å². The van der Waals surface area contributed by atoms with E-state index >= 15 is 0 Å². The second kappa shape index (κ2) is 4.63. The van der Waals surface area contributed by atoms with Crippen LogP contribution in [0.5, 0.6) is 0 Å². The highest BCUT2D eigenvalue weighted by atomic mass is 35.5. The lowest BCUT2D eigenvalue weighted by Gasteiger charge is -2.08. The van der Waals surface area contributed by atoms with Crippen molar-refractivity contribution in [1.29, 1.82) is 0 Å². The smallest absolute Gasteiger partial charge is 0.129 e. The number of halogens is 1. The number of aliphatic hydroxyl groups is 1. The molecule has 0 amide bonds. The van der Waals surface area contributed by atoms with Crippen LogP contribution in [0.1, 0.15) is 17.2 Å². The second-order valence-electron chi connectivity index (χ2n) is 3.66. The molecule has 1 N–H and O–H groups in total. The minimum Gasteiger partial charge on any atom is -0.388 e. The standard InChI is InChI=1S/C11H12ClN3O/c1-15-7-8(5-14-15)4-10(16)9-2-3-11(12)13-6-9/h2-3,5-7,10,16H,4H2,1H3. The highest BCUT2D eigenvalue weighted by molar-refractivity contribution is 6.29. The number of hydrogen-bond acceptors (Lipinski definition) is 3. The summed E-state index contributed by atoms with van der Waals surface area (Å²) in [6.45, 7) is 0. The van der Waals surface area contributed by atoms with E-state index in [0.717, 1.165) is 11.1 Å². The van der Waals surface area contributed by atoms with E-state index in [-0.39, 0.29) is 0 Å². The van der Waals surface area contributed by atoms with Crippen molar-refractivity contribution in [3.63, 3.8) is 0 Å². The predicted octanol–water partition coefficient (Wildman–Crippen LogP) is 1.74. The molecule has 0 radical (unpaired) electrons. The summed E-state index contributed by atoms with van der Waals surface area (Å²) < 4.78 is 1.71. The molecule has 4 nitrogen and oxygen atoms in total. The van der Waals surface area contributed by atoms with Gasteiger partial charge in [-0.2, -0.15) is 5.10 Å². The van der Waals surface area contributed by atoms with Crippen LogP contribution in [0.3, 0.4) is 0 Å². The van der Waals surface area contributed by atoms with Gasteiger partial charge in [-0.25, -0.2) is 4.98 Å². The van der Waals surface area contributed by atoms with Crippen molar-refractivity contribution < 1.29 is 5.11 Å². The van der Waals surface area contributed by atoms with E-state index in [4.69, 9.17) is 11.6 Å². The third-order valence-electron chi connectivity index (χ3n) is 2.32. The van der Waals surface area contributed by atoms with Crippen LogP contribution in [0.2, 0.25) is 5.15 Å². The Bertz CT molecular complexity index is 466. The van der Waals surface area contributed by atoms with Gasteiger partial charge in [-0.05, 0) is 17.2 Å². The van der Waals surface area contributed by atoms with E-state index in [9.17, 15) is 5.11 Å². The molecule has 0 aliphatic rings. The molecule has 0 aliphatic carbocycles. The van der Waals surface area contributed by atoms with E-state index in [1.807, 2.05) is 13.2 Å². The molecule has 2 aromatic heterocycles. The van der Waals surface area contributed by atoms with Gasteiger partial charge in [0.05, 0.1) is 12.3 Å². The summed E-state index contributed by atoms with van der Waals surface area (Å²) in [5.41, 5.74) is 1.75. The van der Waals surface area contributed by atoms with Gasteiger partial charge in [0.2, 0.25) is 0 Å². The van der Waals surface area contributed by atoms with Crippen LogP contribution in [0.25, 0.3) is 0 Å².